The van der Waals surface area contributed by atoms with Crippen LogP contribution >= 0.6 is 0 Å². The number of rotatable bonds is 2. The molecule has 6 heteroatoms. The average molecular weight is 258 g/mol. The third-order valence-corrected chi connectivity index (χ3v) is 3.10. The Morgan fingerprint density at radius 1 is 1.06 bits per heavy atom. The predicted octanol–water partition coefficient (Wildman–Crippen LogP) is -0.659. The van der Waals surface area contributed by atoms with Gasteiger partial charge in [0.05, 0.1) is 6.61 Å². The van der Waals surface area contributed by atoms with Crippen molar-refractivity contribution >= 4 is 0 Å². The zero-order valence-corrected chi connectivity index (χ0v) is 9.48. The second-order valence-corrected chi connectivity index (χ2v) is 4.27. The minimum absolute atomic E-state index is 0.0781. The van der Waals surface area contributed by atoms with Gasteiger partial charge in [0.15, 0.2) is 0 Å². The topological polar surface area (TPSA) is 90.2 Å². The molecule has 18 heavy (non-hydrogen) atoms. The monoisotopic (exact) mass is 258 g/mol. The highest BCUT2D eigenvalue weighted by molar-refractivity contribution is 5.22. The second kappa shape index (κ2) is 5.29. The number of halogens is 1. The molecule has 5 atom stereocenters. The standard InChI is InChI=1S/C12H15FO5/c13-7-4-2-1-3-6(7)12-11(17)10(16)9(15)8(5-14)18-12/h1-4,8-12,14-17H,5H2. The number of hydrogen-bond donors (Lipinski definition) is 4. The van der Waals surface area contributed by atoms with Gasteiger partial charge in [-0.3, -0.25) is 0 Å². The van der Waals surface area contributed by atoms with Crippen LogP contribution in [0.1, 0.15) is 11.7 Å². The molecule has 2 rings (SSSR count). The van der Waals surface area contributed by atoms with Crippen molar-refractivity contribution in [3.8, 4) is 0 Å². The van der Waals surface area contributed by atoms with E-state index in [1.54, 1.807) is 6.07 Å². The lowest BCUT2D eigenvalue weighted by molar-refractivity contribution is -0.232. The number of aliphatic hydroxyl groups is 4. The average Bonchev–Trinajstić information content (AvgIpc) is 2.38. The Bertz CT molecular complexity index is 411. The van der Waals surface area contributed by atoms with E-state index >= 15 is 0 Å². The number of benzene rings is 1. The quantitative estimate of drug-likeness (QED) is 0.565. The summed E-state index contributed by atoms with van der Waals surface area (Å²) in [6.07, 6.45) is -6.55. The van der Waals surface area contributed by atoms with Crippen LogP contribution in [0.15, 0.2) is 24.3 Å². The van der Waals surface area contributed by atoms with Gasteiger partial charge in [-0.05, 0) is 6.07 Å². The summed E-state index contributed by atoms with van der Waals surface area (Å²) in [6.45, 7) is -0.532. The second-order valence-electron chi connectivity index (χ2n) is 4.27. The summed E-state index contributed by atoms with van der Waals surface area (Å²) >= 11 is 0. The van der Waals surface area contributed by atoms with Crippen molar-refractivity contribution in [2.75, 3.05) is 6.61 Å². The zero-order chi connectivity index (χ0) is 13.3. The Hall–Kier alpha value is -1.05. The van der Waals surface area contributed by atoms with E-state index in [9.17, 15) is 19.7 Å². The van der Waals surface area contributed by atoms with Gasteiger partial charge in [-0.2, -0.15) is 0 Å². The molecule has 5 unspecified atom stereocenters. The van der Waals surface area contributed by atoms with Crippen LogP contribution in [0.2, 0.25) is 0 Å². The van der Waals surface area contributed by atoms with Crippen LogP contribution in [-0.2, 0) is 4.74 Å². The van der Waals surface area contributed by atoms with Crippen molar-refractivity contribution in [3.05, 3.63) is 35.6 Å². The van der Waals surface area contributed by atoms with Crippen molar-refractivity contribution in [3.63, 3.8) is 0 Å². The Kier molecular flexibility index (Phi) is 3.94. The van der Waals surface area contributed by atoms with Crippen molar-refractivity contribution in [1.82, 2.24) is 0 Å². The summed E-state index contributed by atoms with van der Waals surface area (Å²) in [5.41, 5.74) is 0.0781. The summed E-state index contributed by atoms with van der Waals surface area (Å²) in [6, 6.07) is 5.68. The summed E-state index contributed by atoms with van der Waals surface area (Å²) in [5, 5.41) is 38.1. The lowest BCUT2D eigenvalue weighted by Gasteiger charge is -2.40. The summed E-state index contributed by atoms with van der Waals surface area (Å²) in [5.74, 6) is -0.582. The van der Waals surface area contributed by atoms with Gasteiger partial charge < -0.3 is 25.2 Å². The first-order valence-corrected chi connectivity index (χ1v) is 5.61. The van der Waals surface area contributed by atoms with Gasteiger partial charge in [-0.15, -0.1) is 0 Å². The van der Waals surface area contributed by atoms with Gasteiger partial charge in [-0.25, -0.2) is 4.39 Å². The largest absolute Gasteiger partial charge is 0.394 e. The Labute approximate surface area is 103 Å². The lowest BCUT2D eigenvalue weighted by Crippen LogP contribution is -2.55. The van der Waals surface area contributed by atoms with Crippen LogP contribution < -0.4 is 0 Å². The maximum atomic E-state index is 13.6. The van der Waals surface area contributed by atoms with E-state index in [1.165, 1.54) is 18.2 Å². The number of hydrogen-bond acceptors (Lipinski definition) is 5. The lowest BCUT2D eigenvalue weighted by atomic mass is 9.91. The van der Waals surface area contributed by atoms with Gasteiger partial charge in [0.25, 0.3) is 0 Å². The molecule has 0 aliphatic carbocycles. The van der Waals surface area contributed by atoms with Gasteiger partial charge >= 0.3 is 0 Å². The molecule has 0 aromatic heterocycles. The summed E-state index contributed by atoms with van der Waals surface area (Å²) in [7, 11) is 0. The fourth-order valence-electron chi connectivity index (χ4n) is 2.06. The third-order valence-electron chi connectivity index (χ3n) is 3.10. The molecule has 1 heterocycles. The molecule has 0 amide bonds. The molecule has 4 N–H and O–H groups in total. The van der Waals surface area contributed by atoms with Crippen LogP contribution in [0.25, 0.3) is 0 Å². The molecule has 0 spiro atoms. The SMILES string of the molecule is OCC1OC(c2ccccc2F)C(O)C(O)C1O. The van der Waals surface area contributed by atoms with E-state index in [0.717, 1.165) is 0 Å². The van der Waals surface area contributed by atoms with Crippen LogP contribution in [0, 0.1) is 5.82 Å². The third kappa shape index (κ3) is 2.25. The highest BCUT2D eigenvalue weighted by atomic mass is 19.1. The highest BCUT2D eigenvalue weighted by Gasteiger charge is 2.44. The van der Waals surface area contributed by atoms with Crippen LogP contribution in [-0.4, -0.2) is 51.4 Å². The van der Waals surface area contributed by atoms with Crippen molar-refractivity contribution < 1.29 is 29.6 Å². The predicted molar refractivity (Wildman–Crippen MR) is 59.1 cm³/mol. The van der Waals surface area contributed by atoms with E-state index in [4.69, 9.17) is 9.84 Å². The molecule has 1 fully saturated rings. The van der Waals surface area contributed by atoms with Crippen LogP contribution in [0.3, 0.4) is 0 Å². The zero-order valence-electron chi connectivity index (χ0n) is 9.48. The highest BCUT2D eigenvalue weighted by Crippen LogP contribution is 2.33. The Morgan fingerprint density at radius 3 is 2.33 bits per heavy atom. The molecule has 0 bridgehead atoms. The maximum absolute atomic E-state index is 13.6. The van der Waals surface area contributed by atoms with Crippen molar-refractivity contribution in [2.24, 2.45) is 0 Å². The molecule has 0 radical (unpaired) electrons. The molecule has 1 aromatic rings. The van der Waals surface area contributed by atoms with Crippen molar-refractivity contribution in [1.29, 1.82) is 0 Å². The van der Waals surface area contributed by atoms with E-state index in [1.807, 2.05) is 0 Å². The van der Waals surface area contributed by atoms with Gasteiger partial charge in [0.1, 0.15) is 36.3 Å². The molecule has 1 aliphatic heterocycles. The fraction of sp³-hybridized carbons (Fsp3) is 0.500. The van der Waals surface area contributed by atoms with Gasteiger partial charge in [-0.1, -0.05) is 18.2 Å². The molecular weight excluding hydrogens is 243 g/mol. The molecular formula is C12H15FO5. The molecule has 1 aliphatic rings. The molecule has 1 saturated heterocycles. The van der Waals surface area contributed by atoms with Crippen LogP contribution in [0.4, 0.5) is 4.39 Å². The minimum atomic E-state index is -1.50. The summed E-state index contributed by atoms with van der Waals surface area (Å²) < 4.78 is 18.9. The van der Waals surface area contributed by atoms with Gasteiger partial charge in [0, 0.05) is 5.56 Å². The van der Waals surface area contributed by atoms with Crippen molar-refractivity contribution in [2.45, 2.75) is 30.5 Å². The van der Waals surface area contributed by atoms with E-state index in [-0.39, 0.29) is 5.56 Å². The minimum Gasteiger partial charge on any atom is -0.394 e. The fourth-order valence-corrected chi connectivity index (χ4v) is 2.06. The first-order chi connectivity index (χ1) is 8.56. The molecule has 5 nitrogen and oxygen atoms in total. The molecule has 0 saturated carbocycles. The first-order valence-electron chi connectivity index (χ1n) is 5.61. The first kappa shape index (κ1) is 13.4. The molecule has 1 aromatic carbocycles. The van der Waals surface area contributed by atoms with E-state index < -0.39 is 42.9 Å². The van der Waals surface area contributed by atoms with E-state index in [0.29, 0.717) is 0 Å². The summed E-state index contributed by atoms with van der Waals surface area (Å²) in [4.78, 5) is 0. The van der Waals surface area contributed by atoms with E-state index in [2.05, 4.69) is 0 Å². The number of aliphatic hydroxyl groups excluding tert-OH is 4. The van der Waals surface area contributed by atoms with Gasteiger partial charge in [0.2, 0.25) is 0 Å². The smallest absolute Gasteiger partial charge is 0.129 e. The Balaban J connectivity index is 2.30. The number of ether oxygens (including phenoxy) is 1. The Morgan fingerprint density at radius 2 is 1.72 bits per heavy atom. The maximum Gasteiger partial charge on any atom is 0.129 e. The van der Waals surface area contributed by atoms with Crippen LogP contribution in [0.5, 0.6) is 0 Å². The normalized spacial score (nSPS) is 36.6. The molecule has 100 valence electrons.